The molecule has 1 heteroatoms. The molecule has 0 nitrogen and oxygen atoms in total. The zero-order valence-corrected chi connectivity index (χ0v) is 14.5. The van der Waals surface area contributed by atoms with Gasteiger partial charge in [-0.15, -0.1) is 0 Å². The average Bonchev–Trinajstić information content (AvgIpc) is 2.92. The molecule has 0 heterocycles. The van der Waals surface area contributed by atoms with Gasteiger partial charge in [-0.05, 0) is 0 Å². The molecule has 17 heavy (non-hydrogen) atoms. The average molecular weight is 393 g/mol. The normalized spacial score (nSPS) is 9.06. The first-order chi connectivity index (χ1) is 7.86. The monoisotopic (exact) mass is 394 g/mol. The summed E-state index contributed by atoms with van der Waals surface area (Å²) in [6.07, 6.45) is 4.97. The molecule has 0 aliphatic heterocycles. The van der Waals surface area contributed by atoms with E-state index in [0.717, 1.165) is 0 Å². The van der Waals surface area contributed by atoms with Crippen LogP contribution in [-0.4, -0.2) is 0 Å². The van der Waals surface area contributed by atoms with E-state index >= 15 is 0 Å². The second-order valence-electron chi connectivity index (χ2n) is 4.09. The fourth-order valence-electron chi connectivity index (χ4n) is 1.74. The molecule has 0 atom stereocenters. The van der Waals surface area contributed by atoms with Gasteiger partial charge in [-0.2, -0.15) is 35.4 Å². The standard InChI is InChI=1S/2C8H11.Hf/c2*1-2-5-8-6-3-4-7-8;/h2*3-4,6-7H,2,5H2,1H3;/q2*-1;. The molecule has 2 aromatic rings. The van der Waals surface area contributed by atoms with Gasteiger partial charge in [0.25, 0.3) is 0 Å². The zero-order chi connectivity index (χ0) is 11.6. The topological polar surface area (TPSA) is 0 Å². The summed E-state index contributed by atoms with van der Waals surface area (Å²) in [5, 5.41) is 0. The third kappa shape index (κ3) is 7.49. The molecule has 0 aromatic heterocycles. The fraction of sp³-hybridized carbons (Fsp3) is 0.375. The van der Waals surface area contributed by atoms with E-state index < -0.39 is 0 Å². The van der Waals surface area contributed by atoms with Crippen LogP contribution in [0.4, 0.5) is 0 Å². The molecule has 0 N–H and O–H groups in total. The predicted octanol–water partition coefficient (Wildman–Crippen LogP) is 4.71. The molecule has 0 aliphatic rings. The van der Waals surface area contributed by atoms with Gasteiger partial charge in [0.2, 0.25) is 0 Å². The van der Waals surface area contributed by atoms with Crippen molar-refractivity contribution < 1.29 is 25.8 Å². The Hall–Kier alpha value is -0.430. The summed E-state index contributed by atoms with van der Waals surface area (Å²) in [6, 6.07) is 17.0. The van der Waals surface area contributed by atoms with Crippen molar-refractivity contribution in [2.45, 2.75) is 39.5 Å². The Morgan fingerprint density at radius 2 is 0.941 bits per heavy atom. The maximum atomic E-state index is 2.20. The van der Waals surface area contributed by atoms with E-state index in [2.05, 4.69) is 62.4 Å². The summed E-state index contributed by atoms with van der Waals surface area (Å²) < 4.78 is 0. The van der Waals surface area contributed by atoms with Crippen LogP contribution in [0, 0.1) is 0 Å². The van der Waals surface area contributed by atoms with Crippen molar-refractivity contribution in [1.82, 2.24) is 0 Å². The summed E-state index contributed by atoms with van der Waals surface area (Å²) in [4.78, 5) is 0. The maximum Gasteiger partial charge on any atom is 0 e. The minimum atomic E-state index is 0. The van der Waals surface area contributed by atoms with E-state index in [9.17, 15) is 0 Å². The van der Waals surface area contributed by atoms with Crippen LogP contribution >= 0.6 is 0 Å². The molecular formula is C16H22Hf-2. The summed E-state index contributed by atoms with van der Waals surface area (Å²) in [5.41, 5.74) is 2.93. The minimum absolute atomic E-state index is 0. The maximum absolute atomic E-state index is 2.20. The molecule has 92 valence electrons. The van der Waals surface area contributed by atoms with Crippen LogP contribution in [0.3, 0.4) is 0 Å². The van der Waals surface area contributed by atoms with E-state index in [0.29, 0.717) is 0 Å². The second-order valence-corrected chi connectivity index (χ2v) is 4.09. The molecular weight excluding hydrogens is 371 g/mol. The smallest absolute Gasteiger partial charge is 0 e. The van der Waals surface area contributed by atoms with Crippen LogP contribution in [-0.2, 0) is 38.7 Å². The van der Waals surface area contributed by atoms with Gasteiger partial charge in [0, 0.05) is 25.8 Å². The van der Waals surface area contributed by atoms with Crippen molar-refractivity contribution in [3.63, 3.8) is 0 Å². The van der Waals surface area contributed by atoms with Gasteiger partial charge in [0.05, 0.1) is 0 Å². The van der Waals surface area contributed by atoms with Crippen molar-refractivity contribution in [3.05, 3.63) is 59.7 Å². The van der Waals surface area contributed by atoms with Crippen molar-refractivity contribution in [1.29, 1.82) is 0 Å². The molecule has 0 radical (unpaired) electrons. The quantitative estimate of drug-likeness (QED) is 0.522. The Morgan fingerprint density at radius 1 is 0.647 bits per heavy atom. The van der Waals surface area contributed by atoms with E-state index in [-0.39, 0.29) is 25.8 Å². The predicted molar refractivity (Wildman–Crippen MR) is 72.1 cm³/mol. The van der Waals surface area contributed by atoms with E-state index in [4.69, 9.17) is 0 Å². The molecule has 0 amide bonds. The summed E-state index contributed by atoms with van der Waals surface area (Å²) in [6.45, 7) is 4.40. The van der Waals surface area contributed by atoms with Crippen molar-refractivity contribution in [3.8, 4) is 0 Å². The third-order valence-electron chi connectivity index (χ3n) is 2.54. The Kier molecular flexibility index (Phi) is 10.4. The van der Waals surface area contributed by atoms with Gasteiger partial charge in [-0.1, -0.05) is 39.5 Å². The first-order valence-electron chi connectivity index (χ1n) is 6.28. The largest absolute Gasteiger partial charge is 0.213 e. The Bertz CT molecular complexity index is 293. The van der Waals surface area contributed by atoms with Gasteiger partial charge >= 0.3 is 0 Å². The van der Waals surface area contributed by atoms with E-state index in [1.54, 1.807) is 0 Å². The van der Waals surface area contributed by atoms with E-state index in [1.807, 2.05) is 0 Å². The van der Waals surface area contributed by atoms with Crippen molar-refractivity contribution in [2.75, 3.05) is 0 Å². The van der Waals surface area contributed by atoms with E-state index in [1.165, 1.54) is 36.8 Å². The van der Waals surface area contributed by atoms with Crippen LogP contribution in [0.2, 0.25) is 0 Å². The zero-order valence-electron chi connectivity index (χ0n) is 10.9. The summed E-state index contributed by atoms with van der Waals surface area (Å²) in [7, 11) is 0. The first kappa shape index (κ1) is 16.6. The number of rotatable bonds is 4. The Morgan fingerprint density at radius 3 is 1.18 bits per heavy atom. The number of aryl methyl sites for hydroxylation is 2. The number of hydrogen-bond donors (Lipinski definition) is 0. The molecule has 0 bridgehead atoms. The Labute approximate surface area is 125 Å². The van der Waals surface area contributed by atoms with Crippen LogP contribution in [0.1, 0.15) is 37.8 Å². The van der Waals surface area contributed by atoms with Gasteiger partial charge in [-0.3, -0.25) is 0 Å². The fourth-order valence-corrected chi connectivity index (χ4v) is 1.74. The Balaban J connectivity index is 0.000000284. The van der Waals surface area contributed by atoms with Crippen molar-refractivity contribution in [2.24, 2.45) is 0 Å². The third-order valence-corrected chi connectivity index (χ3v) is 2.54. The first-order valence-corrected chi connectivity index (χ1v) is 6.28. The molecule has 2 aromatic carbocycles. The molecule has 0 aliphatic carbocycles. The van der Waals surface area contributed by atoms with Gasteiger partial charge < -0.3 is 0 Å². The van der Waals surface area contributed by atoms with Crippen LogP contribution in [0.5, 0.6) is 0 Å². The second kappa shape index (κ2) is 10.7. The van der Waals surface area contributed by atoms with Crippen LogP contribution in [0.15, 0.2) is 48.5 Å². The van der Waals surface area contributed by atoms with Gasteiger partial charge in [0.1, 0.15) is 0 Å². The van der Waals surface area contributed by atoms with Gasteiger partial charge in [-0.25, -0.2) is 24.3 Å². The summed E-state index contributed by atoms with van der Waals surface area (Å²) in [5.74, 6) is 0. The molecule has 0 saturated carbocycles. The molecule has 0 saturated heterocycles. The number of hydrogen-bond acceptors (Lipinski definition) is 0. The summed E-state index contributed by atoms with van der Waals surface area (Å²) >= 11 is 0. The van der Waals surface area contributed by atoms with Crippen molar-refractivity contribution >= 4 is 0 Å². The molecule has 0 spiro atoms. The molecule has 0 fully saturated rings. The van der Waals surface area contributed by atoms with Crippen LogP contribution < -0.4 is 0 Å². The van der Waals surface area contributed by atoms with Gasteiger partial charge in [0.15, 0.2) is 0 Å². The SMILES string of the molecule is CCC[c-]1cccc1.CCC[c-]1cccc1.[Hf]. The molecule has 0 unspecified atom stereocenters. The minimum Gasteiger partial charge on any atom is -0.213 e. The van der Waals surface area contributed by atoms with Crippen LogP contribution in [0.25, 0.3) is 0 Å². The molecule has 2 rings (SSSR count).